The van der Waals surface area contributed by atoms with Gasteiger partial charge in [0.15, 0.2) is 6.29 Å². The smallest absolute Gasteiger partial charge is 0.340 e. The van der Waals surface area contributed by atoms with Gasteiger partial charge in [0.05, 0.1) is 17.8 Å². The molecule has 0 radical (unpaired) electrons. The molecule has 0 spiro atoms. The Morgan fingerprint density at radius 3 is 2.18 bits per heavy atom. The van der Waals surface area contributed by atoms with Gasteiger partial charge in [-0.15, -0.1) is 0 Å². The fraction of sp³-hybridized carbons (Fsp3) is 0.455. The third kappa shape index (κ3) is 5.84. The Labute approximate surface area is 99.5 Å². The molecule has 0 saturated heterocycles. The molecule has 0 saturated carbocycles. The van der Waals surface area contributed by atoms with E-state index < -0.39 is 18.2 Å². The minimum atomic E-state index is -1.28. The van der Waals surface area contributed by atoms with Gasteiger partial charge in [-0.1, -0.05) is 13.2 Å². The Kier molecular flexibility index (Phi) is 6.85. The van der Waals surface area contributed by atoms with E-state index in [0.29, 0.717) is 0 Å². The molecule has 0 aromatic rings. The van der Waals surface area contributed by atoms with Gasteiger partial charge in [0.2, 0.25) is 0 Å². The first-order valence-corrected chi connectivity index (χ1v) is 4.83. The molecule has 0 amide bonds. The van der Waals surface area contributed by atoms with Crippen molar-refractivity contribution in [2.75, 3.05) is 20.3 Å². The van der Waals surface area contributed by atoms with E-state index >= 15 is 0 Å². The van der Waals surface area contributed by atoms with Crippen LogP contribution >= 0.6 is 0 Å². The summed E-state index contributed by atoms with van der Waals surface area (Å²) >= 11 is 0. The third-order valence-corrected chi connectivity index (χ3v) is 1.66. The molecular weight excluding hydrogens is 228 g/mol. The van der Waals surface area contributed by atoms with E-state index in [1.165, 1.54) is 14.0 Å². The predicted octanol–water partition coefficient (Wildman–Crippen LogP) is 0.170. The second-order valence-corrected chi connectivity index (χ2v) is 3.09. The molecule has 6 heteroatoms. The minimum Gasteiger partial charge on any atom is -0.460 e. The standard InChI is InChI=1S/C11H16O6/c1-7(10(13)16-6-5-15-4)8(2)11(14)17-9(3)12/h9,12H,1-2,5-6H2,3-4H3. The van der Waals surface area contributed by atoms with Crippen LogP contribution in [-0.2, 0) is 23.8 Å². The lowest BCUT2D eigenvalue weighted by Crippen LogP contribution is -2.20. The monoisotopic (exact) mass is 244 g/mol. The molecule has 0 bridgehead atoms. The normalized spacial score (nSPS) is 11.5. The zero-order chi connectivity index (χ0) is 13.4. The van der Waals surface area contributed by atoms with Crippen molar-refractivity contribution in [3.63, 3.8) is 0 Å². The molecule has 0 aromatic heterocycles. The lowest BCUT2D eigenvalue weighted by molar-refractivity contribution is -0.160. The average Bonchev–Trinajstić information content (AvgIpc) is 2.26. The van der Waals surface area contributed by atoms with Crippen LogP contribution in [0.5, 0.6) is 0 Å². The fourth-order valence-corrected chi connectivity index (χ4v) is 0.777. The molecule has 0 rings (SSSR count). The quantitative estimate of drug-likeness (QED) is 0.226. The first-order valence-electron chi connectivity index (χ1n) is 4.83. The summed E-state index contributed by atoms with van der Waals surface area (Å²) < 4.78 is 13.8. The summed E-state index contributed by atoms with van der Waals surface area (Å²) in [4.78, 5) is 22.6. The van der Waals surface area contributed by atoms with Crippen LogP contribution in [0.15, 0.2) is 24.3 Å². The highest BCUT2D eigenvalue weighted by Crippen LogP contribution is 2.10. The molecule has 1 atom stereocenters. The van der Waals surface area contributed by atoms with Crippen molar-refractivity contribution in [2.45, 2.75) is 13.2 Å². The zero-order valence-corrected chi connectivity index (χ0v) is 9.89. The second-order valence-electron chi connectivity index (χ2n) is 3.09. The van der Waals surface area contributed by atoms with Crippen molar-refractivity contribution < 1.29 is 28.9 Å². The number of rotatable bonds is 7. The molecule has 96 valence electrons. The molecule has 1 N–H and O–H groups in total. The molecule has 0 aliphatic rings. The Hall–Kier alpha value is -1.66. The molecule has 0 aromatic carbocycles. The van der Waals surface area contributed by atoms with Gasteiger partial charge in [0.25, 0.3) is 0 Å². The maximum Gasteiger partial charge on any atom is 0.340 e. The number of aliphatic hydroxyl groups is 1. The number of carbonyl (C=O) groups excluding carboxylic acids is 2. The van der Waals surface area contributed by atoms with Crippen LogP contribution in [-0.4, -0.2) is 43.7 Å². The van der Waals surface area contributed by atoms with Crippen molar-refractivity contribution in [1.29, 1.82) is 0 Å². The molecular formula is C11H16O6. The zero-order valence-electron chi connectivity index (χ0n) is 9.89. The Bertz CT molecular complexity index is 318. The van der Waals surface area contributed by atoms with Crippen LogP contribution in [0.4, 0.5) is 0 Å². The summed E-state index contributed by atoms with van der Waals surface area (Å²) in [5.41, 5.74) is -0.472. The topological polar surface area (TPSA) is 82.1 Å². The molecule has 1 unspecified atom stereocenters. The van der Waals surface area contributed by atoms with Gasteiger partial charge in [0.1, 0.15) is 6.61 Å². The summed E-state index contributed by atoms with van der Waals surface area (Å²) in [7, 11) is 1.46. The molecule has 17 heavy (non-hydrogen) atoms. The van der Waals surface area contributed by atoms with Crippen molar-refractivity contribution in [2.24, 2.45) is 0 Å². The van der Waals surface area contributed by atoms with Crippen molar-refractivity contribution in [3.05, 3.63) is 24.3 Å². The Balaban J connectivity index is 4.25. The van der Waals surface area contributed by atoms with Crippen molar-refractivity contribution in [1.82, 2.24) is 0 Å². The first-order chi connectivity index (χ1) is 7.90. The van der Waals surface area contributed by atoms with Crippen LogP contribution in [0, 0.1) is 0 Å². The molecule has 0 aliphatic heterocycles. The van der Waals surface area contributed by atoms with Crippen LogP contribution in [0.2, 0.25) is 0 Å². The number of hydrogen-bond acceptors (Lipinski definition) is 6. The summed E-state index contributed by atoms with van der Waals surface area (Å²) in [5, 5.41) is 8.82. The minimum absolute atomic E-state index is 0.0487. The predicted molar refractivity (Wildman–Crippen MR) is 58.9 cm³/mol. The van der Waals surface area contributed by atoms with Gasteiger partial charge in [-0.25, -0.2) is 9.59 Å². The van der Waals surface area contributed by atoms with Crippen molar-refractivity contribution >= 4 is 11.9 Å². The number of carbonyl (C=O) groups is 2. The SMILES string of the molecule is C=C(C(=C)C(=O)OC(C)O)C(=O)OCCOC. The highest BCUT2D eigenvalue weighted by atomic mass is 16.6. The van der Waals surface area contributed by atoms with Gasteiger partial charge >= 0.3 is 11.9 Å². The van der Waals surface area contributed by atoms with Gasteiger partial charge in [-0.05, 0) is 6.92 Å². The lowest BCUT2D eigenvalue weighted by atomic mass is 10.1. The van der Waals surface area contributed by atoms with Gasteiger partial charge in [-0.2, -0.15) is 0 Å². The number of ether oxygens (including phenoxy) is 3. The van der Waals surface area contributed by atoms with Gasteiger partial charge in [-0.3, -0.25) is 0 Å². The van der Waals surface area contributed by atoms with E-state index in [0.717, 1.165) is 0 Å². The van der Waals surface area contributed by atoms with Gasteiger partial charge in [0, 0.05) is 7.11 Å². The van der Waals surface area contributed by atoms with Crippen LogP contribution < -0.4 is 0 Å². The Morgan fingerprint density at radius 2 is 1.71 bits per heavy atom. The summed E-state index contributed by atoms with van der Waals surface area (Å²) in [6, 6.07) is 0. The molecule has 0 heterocycles. The maximum atomic E-state index is 11.3. The number of methoxy groups -OCH3 is 1. The number of hydrogen-bond donors (Lipinski definition) is 1. The van der Waals surface area contributed by atoms with Crippen LogP contribution in [0.1, 0.15) is 6.92 Å². The van der Waals surface area contributed by atoms with E-state index in [1.54, 1.807) is 0 Å². The van der Waals surface area contributed by atoms with Crippen LogP contribution in [0.3, 0.4) is 0 Å². The van der Waals surface area contributed by atoms with Crippen LogP contribution in [0.25, 0.3) is 0 Å². The highest BCUT2D eigenvalue weighted by Gasteiger charge is 2.20. The van der Waals surface area contributed by atoms with E-state index in [-0.39, 0.29) is 24.4 Å². The summed E-state index contributed by atoms with van der Waals surface area (Å²) in [6.07, 6.45) is -1.28. The Morgan fingerprint density at radius 1 is 1.18 bits per heavy atom. The van der Waals surface area contributed by atoms with E-state index in [2.05, 4.69) is 22.6 Å². The average molecular weight is 244 g/mol. The summed E-state index contributed by atoms with van der Waals surface area (Å²) in [6.45, 7) is 8.25. The van der Waals surface area contributed by atoms with Gasteiger partial charge < -0.3 is 19.3 Å². The highest BCUT2D eigenvalue weighted by molar-refractivity contribution is 6.06. The molecule has 0 aliphatic carbocycles. The third-order valence-electron chi connectivity index (χ3n) is 1.66. The van der Waals surface area contributed by atoms with E-state index in [4.69, 9.17) is 9.84 Å². The number of esters is 2. The fourth-order valence-electron chi connectivity index (χ4n) is 0.777. The van der Waals surface area contributed by atoms with Crippen molar-refractivity contribution in [3.8, 4) is 0 Å². The first kappa shape index (κ1) is 15.3. The van der Waals surface area contributed by atoms with E-state index in [1.807, 2.05) is 0 Å². The molecule has 0 fully saturated rings. The summed E-state index contributed by atoms with van der Waals surface area (Å²) in [5.74, 6) is -1.71. The maximum absolute atomic E-state index is 11.3. The molecule has 6 nitrogen and oxygen atoms in total. The van der Waals surface area contributed by atoms with E-state index in [9.17, 15) is 9.59 Å². The lowest BCUT2D eigenvalue weighted by Gasteiger charge is -2.10. The largest absolute Gasteiger partial charge is 0.460 e. The number of aliphatic hydroxyl groups excluding tert-OH is 1. The second kappa shape index (κ2) is 7.59.